The van der Waals surface area contributed by atoms with Gasteiger partial charge in [-0.25, -0.2) is 0 Å². The average Bonchev–Trinajstić information content (AvgIpc) is 2.77. The van der Waals surface area contributed by atoms with E-state index >= 15 is 0 Å². The van der Waals surface area contributed by atoms with Crippen LogP contribution in [-0.2, 0) is 13.1 Å². The second kappa shape index (κ2) is 4.15. The molecule has 14 heavy (non-hydrogen) atoms. The zero-order valence-electron chi connectivity index (χ0n) is 8.70. The zero-order valence-corrected chi connectivity index (χ0v) is 8.70. The van der Waals surface area contributed by atoms with Crippen LogP contribution in [0.2, 0.25) is 0 Å². The lowest BCUT2D eigenvalue weighted by atomic mass is 10.2. The van der Waals surface area contributed by atoms with Gasteiger partial charge in [-0.05, 0) is 38.4 Å². The van der Waals surface area contributed by atoms with Crippen LogP contribution in [-0.4, -0.2) is 17.5 Å². The first-order valence-electron chi connectivity index (χ1n) is 5.31. The molecule has 2 rings (SSSR count). The smallest absolute Gasteiger partial charge is 0.118 e. The molecule has 3 nitrogen and oxygen atoms in total. The molecule has 2 heterocycles. The van der Waals surface area contributed by atoms with Gasteiger partial charge in [-0.2, -0.15) is 0 Å². The molecular weight excluding hydrogens is 176 g/mol. The molecule has 0 amide bonds. The molecule has 0 bridgehead atoms. The first-order chi connectivity index (χ1) is 6.79. The number of likely N-dealkylation sites (tertiary alicyclic amines) is 1. The molecule has 1 saturated heterocycles. The summed E-state index contributed by atoms with van der Waals surface area (Å²) >= 11 is 0. The molecule has 0 spiro atoms. The van der Waals surface area contributed by atoms with Crippen molar-refractivity contribution in [3.63, 3.8) is 0 Å². The standard InChI is InChI=1S/C11H18N2O/c1-9-3-2-6-13(9)8-11-5-4-10(7-12)14-11/h4-5,9H,2-3,6-8,12H2,1H3. The lowest BCUT2D eigenvalue weighted by Crippen LogP contribution is -2.25. The predicted octanol–water partition coefficient (Wildman–Crippen LogP) is 1.72. The lowest BCUT2D eigenvalue weighted by Gasteiger charge is -2.19. The Labute approximate surface area is 84.9 Å². The van der Waals surface area contributed by atoms with Crippen LogP contribution in [0.3, 0.4) is 0 Å². The fourth-order valence-corrected chi connectivity index (χ4v) is 2.04. The van der Waals surface area contributed by atoms with Crippen molar-refractivity contribution in [3.8, 4) is 0 Å². The van der Waals surface area contributed by atoms with Crippen molar-refractivity contribution < 1.29 is 4.42 Å². The Hall–Kier alpha value is -0.800. The molecule has 0 aromatic carbocycles. The highest BCUT2D eigenvalue weighted by Crippen LogP contribution is 2.20. The van der Waals surface area contributed by atoms with Crippen LogP contribution in [0.25, 0.3) is 0 Å². The zero-order chi connectivity index (χ0) is 9.97. The molecule has 0 radical (unpaired) electrons. The number of rotatable bonds is 3. The Balaban J connectivity index is 1.96. The van der Waals surface area contributed by atoms with Crippen LogP contribution in [0.4, 0.5) is 0 Å². The van der Waals surface area contributed by atoms with Gasteiger partial charge in [0, 0.05) is 6.04 Å². The predicted molar refractivity (Wildman–Crippen MR) is 55.7 cm³/mol. The number of nitrogens with zero attached hydrogens (tertiary/aromatic N) is 1. The van der Waals surface area contributed by atoms with Crippen LogP contribution in [0.5, 0.6) is 0 Å². The maximum absolute atomic E-state index is 5.58. The first kappa shape index (κ1) is 9.74. The van der Waals surface area contributed by atoms with E-state index in [1.807, 2.05) is 12.1 Å². The molecule has 78 valence electrons. The Bertz CT molecular complexity index is 295. The van der Waals surface area contributed by atoms with Crippen LogP contribution >= 0.6 is 0 Å². The highest BCUT2D eigenvalue weighted by atomic mass is 16.3. The van der Waals surface area contributed by atoms with Crippen LogP contribution in [0.15, 0.2) is 16.5 Å². The van der Waals surface area contributed by atoms with Crippen molar-refractivity contribution >= 4 is 0 Å². The van der Waals surface area contributed by atoms with Gasteiger partial charge in [0.15, 0.2) is 0 Å². The minimum absolute atomic E-state index is 0.496. The summed E-state index contributed by atoms with van der Waals surface area (Å²) in [6.45, 7) is 4.90. The molecule has 1 aliphatic rings. The molecule has 3 heteroatoms. The third-order valence-electron chi connectivity index (χ3n) is 2.97. The molecular formula is C11H18N2O. The number of hydrogen-bond acceptors (Lipinski definition) is 3. The summed E-state index contributed by atoms with van der Waals surface area (Å²) in [5, 5.41) is 0. The van der Waals surface area contributed by atoms with Crippen LogP contribution < -0.4 is 5.73 Å². The van der Waals surface area contributed by atoms with Gasteiger partial charge in [0.05, 0.1) is 13.1 Å². The minimum Gasteiger partial charge on any atom is -0.463 e. The largest absolute Gasteiger partial charge is 0.463 e. The van der Waals surface area contributed by atoms with Gasteiger partial charge in [-0.15, -0.1) is 0 Å². The molecule has 1 fully saturated rings. The van der Waals surface area contributed by atoms with E-state index < -0.39 is 0 Å². The summed E-state index contributed by atoms with van der Waals surface area (Å²) < 4.78 is 5.58. The third-order valence-corrected chi connectivity index (χ3v) is 2.97. The Kier molecular flexibility index (Phi) is 2.89. The van der Waals surface area contributed by atoms with Crippen LogP contribution in [0, 0.1) is 0 Å². The summed E-state index contributed by atoms with van der Waals surface area (Å²) in [6.07, 6.45) is 2.62. The number of nitrogens with two attached hydrogens (primary N) is 1. The summed E-state index contributed by atoms with van der Waals surface area (Å²) in [7, 11) is 0. The van der Waals surface area contributed by atoms with E-state index in [2.05, 4.69) is 11.8 Å². The first-order valence-corrected chi connectivity index (χ1v) is 5.31. The quantitative estimate of drug-likeness (QED) is 0.796. The van der Waals surface area contributed by atoms with Gasteiger partial charge in [-0.3, -0.25) is 4.90 Å². The van der Waals surface area contributed by atoms with Gasteiger partial charge in [-0.1, -0.05) is 0 Å². The number of hydrogen-bond donors (Lipinski definition) is 1. The molecule has 1 aromatic rings. The minimum atomic E-state index is 0.496. The van der Waals surface area contributed by atoms with Crippen molar-refractivity contribution in [1.29, 1.82) is 0 Å². The molecule has 1 atom stereocenters. The molecule has 1 aliphatic heterocycles. The van der Waals surface area contributed by atoms with Crippen molar-refractivity contribution in [1.82, 2.24) is 4.90 Å². The Morgan fingerprint density at radius 2 is 2.29 bits per heavy atom. The molecule has 0 saturated carbocycles. The van der Waals surface area contributed by atoms with E-state index in [4.69, 9.17) is 10.2 Å². The van der Waals surface area contributed by atoms with Crippen molar-refractivity contribution in [2.75, 3.05) is 6.54 Å². The Morgan fingerprint density at radius 3 is 2.86 bits per heavy atom. The SMILES string of the molecule is CC1CCCN1Cc1ccc(CN)o1. The topological polar surface area (TPSA) is 42.4 Å². The van der Waals surface area contributed by atoms with Crippen molar-refractivity contribution in [2.24, 2.45) is 5.73 Å². The highest BCUT2D eigenvalue weighted by Gasteiger charge is 2.20. The maximum Gasteiger partial charge on any atom is 0.118 e. The van der Waals surface area contributed by atoms with E-state index in [-0.39, 0.29) is 0 Å². The average molecular weight is 194 g/mol. The molecule has 2 N–H and O–H groups in total. The maximum atomic E-state index is 5.58. The summed E-state index contributed by atoms with van der Waals surface area (Å²) in [4.78, 5) is 2.46. The van der Waals surface area contributed by atoms with E-state index in [9.17, 15) is 0 Å². The fourth-order valence-electron chi connectivity index (χ4n) is 2.04. The van der Waals surface area contributed by atoms with E-state index in [0.29, 0.717) is 12.6 Å². The second-order valence-electron chi connectivity index (χ2n) is 4.03. The van der Waals surface area contributed by atoms with Gasteiger partial charge in [0.2, 0.25) is 0 Å². The molecule has 1 unspecified atom stereocenters. The Morgan fingerprint density at radius 1 is 1.50 bits per heavy atom. The fraction of sp³-hybridized carbons (Fsp3) is 0.636. The normalized spacial score (nSPS) is 23.1. The molecule has 1 aromatic heterocycles. The van der Waals surface area contributed by atoms with Crippen molar-refractivity contribution in [3.05, 3.63) is 23.7 Å². The number of furan rings is 1. The summed E-state index contributed by atoms with van der Waals surface area (Å²) in [5.41, 5.74) is 5.49. The van der Waals surface area contributed by atoms with E-state index in [1.54, 1.807) is 0 Å². The molecule has 0 aliphatic carbocycles. The third kappa shape index (κ3) is 1.99. The lowest BCUT2D eigenvalue weighted by molar-refractivity contribution is 0.236. The summed E-state index contributed by atoms with van der Waals surface area (Å²) in [5.74, 6) is 1.92. The van der Waals surface area contributed by atoms with Gasteiger partial charge >= 0.3 is 0 Å². The second-order valence-corrected chi connectivity index (χ2v) is 4.03. The monoisotopic (exact) mass is 194 g/mol. The van der Waals surface area contributed by atoms with E-state index in [1.165, 1.54) is 19.4 Å². The van der Waals surface area contributed by atoms with Crippen LogP contribution in [0.1, 0.15) is 31.3 Å². The van der Waals surface area contributed by atoms with Gasteiger partial charge in [0.1, 0.15) is 11.5 Å². The van der Waals surface area contributed by atoms with Gasteiger partial charge in [0.25, 0.3) is 0 Å². The van der Waals surface area contributed by atoms with Crippen molar-refractivity contribution in [2.45, 2.75) is 38.9 Å². The van der Waals surface area contributed by atoms with Gasteiger partial charge < -0.3 is 10.2 Å². The van der Waals surface area contributed by atoms with E-state index in [0.717, 1.165) is 18.1 Å². The highest BCUT2D eigenvalue weighted by molar-refractivity contribution is 5.07. The summed E-state index contributed by atoms with van der Waals surface area (Å²) in [6, 6.07) is 4.70.